The smallest absolute Gasteiger partial charge is 0.357 e. The first-order valence-electron chi connectivity index (χ1n) is 8.56. The Bertz CT molecular complexity index is 770. The molecule has 1 aromatic carbocycles. The van der Waals surface area contributed by atoms with Gasteiger partial charge in [0.15, 0.2) is 11.8 Å². The number of aromatic nitrogens is 3. The van der Waals surface area contributed by atoms with Gasteiger partial charge in [-0.2, -0.15) is 13.2 Å². The van der Waals surface area contributed by atoms with Crippen LogP contribution in [-0.2, 0) is 32.2 Å². The molecule has 0 amide bonds. The van der Waals surface area contributed by atoms with Crippen LogP contribution in [0.25, 0.3) is 0 Å². The highest BCUT2D eigenvalue weighted by atomic mass is 127. The van der Waals surface area contributed by atoms with Crippen LogP contribution in [-0.4, -0.2) is 27.3 Å². The molecule has 27 heavy (non-hydrogen) atoms. The Morgan fingerprint density at radius 3 is 2.59 bits per heavy atom. The first kappa shape index (κ1) is 21.5. The summed E-state index contributed by atoms with van der Waals surface area (Å²) in [4.78, 5) is 4.42. The van der Waals surface area contributed by atoms with Gasteiger partial charge in [0, 0.05) is 19.5 Å². The molecule has 0 saturated carbocycles. The van der Waals surface area contributed by atoms with E-state index in [1.807, 2.05) is 6.92 Å². The fraction of sp³-hybridized carbons (Fsp3) is 0.471. The Hall–Kier alpha value is -1.85. The molecule has 6 nitrogen and oxygen atoms in total. The average Bonchev–Trinajstić information content (AvgIpc) is 3.21. The second kappa shape index (κ2) is 9.38. The topological polar surface area (TPSA) is 67.1 Å². The van der Waals surface area contributed by atoms with E-state index in [-0.39, 0.29) is 30.5 Å². The summed E-state index contributed by atoms with van der Waals surface area (Å²) in [7, 11) is 0. The minimum Gasteiger partial charge on any atom is -0.357 e. The number of fused-ring (bicyclic) bond motifs is 1. The second-order valence-electron chi connectivity index (χ2n) is 6.03. The molecular weight excluding hydrogens is 472 g/mol. The van der Waals surface area contributed by atoms with Crippen molar-refractivity contribution in [1.82, 2.24) is 25.4 Å². The van der Waals surface area contributed by atoms with Gasteiger partial charge in [0.05, 0.1) is 18.7 Å². The summed E-state index contributed by atoms with van der Waals surface area (Å²) in [5, 5.41) is 14.7. The van der Waals surface area contributed by atoms with Crippen molar-refractivity contribution in [3.05, 3.63) is 47.0 Å². The summed E-state index contributed by atoms with van der Waals surface area (Å²) in [6, 6.07) is 5.04. The monoisotopic (exact) mass is 494 g/mol. The SMILES string of the molecule is CCNC(=NCc1ccc(C(F)(F)F)cc1)NCc1nnc2n1CCC2.I. The van der Waals surface area contributed by atoms with Gasteiger partial charge in [-0.05, 0) is 31.0 Å². The lowest BCUT2D eigenvalue weighted by Gasteiger charge is -2.11. The molecule has 2 heterocycles. The zero-order chi connectivity index (χ0) is 18.6. The fourth-order valence-corrected chi connectivity index (χ4v) is 2.82. The summed E-state index contributed by atoms with van der Waals surface area (Å²) in [5.74, 6) is 2.45. The van der Waals surface area contributed by atoms with Gasteiger partial charge in [-0.3, -0.25) is 0 Å². The van der Waals surface area contributed by atoms with Crippen LogP contribution < -0.4 is 10.6 Å². The first-order chi connectivity index (χ1) is 12.5. The van der Waals surface area contributed by atoms with Crippen LogP contribution >= 0.6 is 24.0 Å². The van der Waals surface area contributed by atoms with Crippen LogP contribution in [0.5, 0.6) is 0 Å². The van der Waals surface area contributed by atoms with Gasteiger partial charge in [0.1, 0.15) is 5.82 Å². The zero-order valence-corrected chi connectivity index (χ0v) is 17.2. The number of aliphatic imine (C=N–C) groups is 1. The van der Waals surface area contributed by atoms with Crippen molar-refractivity contribution in [1.29, 1.82) is 0 Å². The van der Waals surface area contributed by atoms with Gasteiger partial charge in [0.25, 0.3) is 0 Å². The van der Waals surface area contributed by atoms with Gasteiger partial charge < -0.3 is 15.2 Å². The lowest BCUT2D eigenvalue weighted by atomic mass is 10.1. The van der Waals surface area contributed by atoms with E-state index >= 15 is 0 Å². The van der Waals surface area contributed by atoms with Crippen LogP contribution in [0.15, 0.2) is 29.3 Å². The molecule has 148 valence electrons. The van der Waals surface area contributed by atoms with Gasteiger partial charge in [-0.25, -0.2) is 4.99 Å². The fourth-order valence-electron chi connectivity index (χ4n) is 2.82. The van der Waals surface area contributed by atoms with E-state index in [9.17, 15) is 13.2 Å². The number of aryl methyl sites for hydroxylation is 1. The third-order valence-corrected chi connectivity index (χ3v) is 4.15. The molecule has 0 bridgehead atoms. The normalized spacial score (nSPS) is 13.9. The highest BCUT2D eigenvalue weighted by molar-refractivity contribution is 14.0. The summed E-state index contributed by atoms with van der Waals surface area (Å²) in [6.07, 6.45) is -2.29. The van der Waals surface area contributed by atoms with Crippen molar-refractivity contribution in [2.75, 3.05) is 6.54 Å². The van der Waals surface area contributed by atoms with Crippen molar-refractivity contribution in [2.24, 2.45) is 4.99 Å². The lowest BCUT2D eigenvalue weighted by molar-refractivity contribution is -0.137. The summed E-state index contributed by atoms with van der Waals surface area (Å²) >= 11 is 0. The maximum Gasteiger partial charge on any atom is 0.416 e. The third-order valence-electron chi connectivity index (χ3n) is 4.15. The molecule has 10 heteroatoms. The lowest BCUT2D eigenvalue weighted by Crippen LogP contribution is -2.37. The van der Waals surface area contributed by atoms with Crippen LogP contribution in [0.2, 0.25) is 0 Å². The minimum absolute atomic E-state index is 0. The van der Waals surface area contributed by atoms with E-state index in [0.717, 1.165) is 43.2 Å². The Morgan fingerprint density at radius 2 is 1.93 bits per heavy atom. The average molecular weight is 494 g/mol. The molecule has 0 saturated heterocycles. The molecule has 2 aromatic rings. The molecular formula is C17H22F3IN6. The number of nitrogens with zero attached hydrogens (tertiary/aromatic N) is 4. The van der Waals surface area contributed by atoms with E-state index in [1.54, 1.807) is 0 Å². The Balaban J connectivity index is 0.00000261. The van der Waals surface area contributed by atoms with Crippen LogP contribution in [0.4, 0.5) is 13.2 Å². The number of hydrogen-bond acceptors (Lipinski definition) is 3. The number of guanidine groups is 1. The van der Waals surface area contributed by atoms with Crippen molar-refractivity contribution < 1.29 is 13.2 Å². The Labute approximate surface area is 172 Å². The van der Waals surface area contributed by atoms with Gasteiger partial charge in [0.2, 0.25) is 0 Å². The van der Waals surface area contributed by atoms with Crippen molar-refractivity contribution in [3.8, 4) is 0 Å². The largest absolute Gasteiger partial charge is 0.416 e. The molecule has 1 aliphatic rings. The number of nitrogens with one attached hydrogen (secondary N) is 2. The van der Waals surface area contributed by atoms with Crippen LogP contribution in [0.3, 0.4) is 0 Å². The first-order valence-corrected chi connectivity index (χ1v) is 8.56. The van der Waals surface area contributed by atoms with E-state index in [0.29, 0.717) is 24.6 Å². The Kier molecular flexibility index (Phi) is 7.45. The molecule has 1 aromatic heterocycles. The number of hydrogen-bond donors (Lipinski definition) is 2. The molecule has 0 spiro atoms. The van der Waals surface area contributed by atoms with Crippen molar-refractivity contribution in [3.63, 3.8) is 0 Å². The molecule has 0 atom stereocenters. The zero-order valence-electron chi connectivity index (χ0n) is 14.9. The molecule has 2 N–H and O–H groups in total. The van der Waals surface area contributed by atoms with E-state index in [1.165, 1.54) is 12.1 Å². The van der Waals surface area contributed by atoms with Gasteiger partial charge >= 0.3 is 6.18 Å². The molecule has 0 fully saturated rings. The molecule has 0 aliphatic carbocycles. The van der Waals surface area contributed by atoms with Crippen LogP contribution in [0.1, 0.15) is 36.1 Å². The maximum atomic E-state index is 12.6. The quantitative estimate of drug-likeness (QED) is 0.381. The third kappa shape index (κ3) is 5.56. The molecule has 3 rings (SSSR count). The summed E-state index contributed by atoms with van der Waals surface area (Å²) in [5.41, 5.74) is 0.0505. The number of benzene rings is 1. The summed E-state index contributed by atoms with van der Waals surface area (Å²) in [6.45, 7) is 4.33. The minimum atomic E-state index is -4.32. The highest BCUT2D eigenvalue weighted by Crippen LogP contribution is 2.29. The van der Waals surface area contributed by atoms with E-state index in [4.69, 9.17) is 0 Å². The van der Waals surface area contributed by atoms with E-state index < -0.39 is 11.7 Å². The molecule has 0 unspecified atom stereocenters. The molecule has 0 radical (unpaired) electrons. The van der Waals surface area contributed by atoms with Crippen molar-refractivity contribution >= 4 is 29.9 Å². The number of alkyl halides is 3. The second-order valence-corrected chi connectivity index (χ2v) is 6.03. The number of rotatable bonds is 5. The van der Waals surface area contributed by atoms with Crippen molar-refractivity contribution in [2.45, 2.75) is 45.6 Å². The number of halogens is 4. The van der Waals surface area contributed by atoms with Crippen LogP contribution in [0, 0.1) is 0 Å². The maximum absolute atomic E-state index is 12.6. The molecule has 1 aliphatic heterocycles. The van der Waals surface area contributed by atoms with Gasteiger partial charge in [-0.15, -0.1) is 34.2 Å². The van der Waals surface area contributed by atoms with Gasteiger partial charge in [-0.1, -0.05) is 12.1 Å². The highest BCUT2D eigenvalue weighted by Gasteiger charge is 2.29. The van der Waals surface area contributed by atoms with E-state index in [2.05, 4.69) is 30.4 Å². The predicted octanol–water partition coefficient (Wildman–Crippen LogP) is 3.12. The standard InChI is InChI=1S/C17H21F3N6.HI/c1-2-21-16(23-11-15-25-24-14-4-3-9-26(14)15)22-10-12-5-7-13(8-6-12)17(18,19)20;/h5-8H,2-4,9-11H2,1H3,(H2,21,22,23);1H. The summed E-state index contributed by atoms with van der Waals surface area (Å²) < 4.78 is 39.9. The Morgan fingerprint density at radius 1 is 1.19 bits per heavy atom. The predicted molar refractivity (Wildman–Crippen MR) is 107 cm³/mol.